The number of carbonyl (C=O) groups is 2. The molecular weight excluding hydrogens is 298 g/mol. The lowest BCUT2D eigenvalue weighted by Gasteiger charge is -2.36. The van der Waals surface area contributed by atoms with Gasteiger partial charge >= 0.3 is 0 Å². The molecule has 1 aliphatic rings. The summed E-state index contributed by atoms with van der Waals surface area (Å²) in [5, 5.41) is 0. The Morgan fingerprint density at radius 2 is 1.29 bits per heavy atom. The van der Waals surface area contributed by atoms with E-state index in [1.165, 1.54) is 5.56 Å². The van der Waals surface area contributed by atoms with Crippen molar-refractivity contribution in [2.75, 3.05) is 13.1 Å². The van der Waals surface area contributed by atoms with E-state index in [4.69, 9.17) is 0 Å². The predicted octanol–water partition coefficient (Wildman–Crippen LogP) is 3.99. The maximum atomic E-state index is 12.7. The fourth-order valence-electron chi connectivity index (χ4n) is 3.03. The zero-order valence-electron chi connectivity index (χ0n) is 16.2. The number of hydrogen-bond acceptors (Lipinski definition) is 3. The first-order chi connectivity index (χ1) is 10.9. The van der Waals surface area contributed by atoms with E-state index in [-0.39, 0.29) is 17.0 Å². The molecule has 0 aromatic heterocycles. The summed E-state index contributed by atoms with van der Waals surface area (Å²) in [6.07, 6.45) is 0. The highest BCUT2D eigenvalue weighted by Crippen LogP contribution is 2.42. The number of Topliss-reactive ketones (excluding diaryl/α,β-unsaturated/α-hetero) is 2. The molecule has 0 radical (unpaired) electrons. The van der Waals surface area contributed by atoms with Crippen LogP contribution in [0, 0.1) is 10.8 Å². The third-order valence-electron chi connectivity index (χ3n) is 5.92. The molecule has 0 unspecified atom stereocenters. The van der Waals surface area contributed by atoms with Gasteiger partial charge in [-0.3, -0.25) is 14.5 Å². The van der Waals surface area contributed by atoms with Gasteiger partial charge in [-0.25, -0.2) is 0 Å². The standard InChI is InChI=1S/C21H31NO2/c1-19(2,3)16-10-8-15(9-11-16)12-22-13-17(23)20(4,5)21(6,7)18(24)14-22/h8-11H,12-14H2,1-7H3. The lowest BCUT2D eigenvalue weighted by atomic mass is 9.64. The fourth-order valence-corrected chi connectivity index (χ4v) is 3.03. The summed E-state index contributed by atoms with van der Waals surface area (Å²) >= 11 is 0. The van der Waals surface area contributed by atoms with Crippen molar-refractivity contribution in [2.45, 2.75) is 60.4 Å². The van der Waals surface area contributed by atoms with E-state index in [0.717, 1.165) is 5.56 Å². The number of ketones is 2. The Bertz CT molecular complexity index is 605. The minimum atomic E-state index is -0.630. The molecule has 132 valence electrons. The second kappa shape index (κ2) is 6.11. The van der Waals surface area contributed by atoms with E-state index in [1.807, 2.05) is 32.6 Å². The summed E-state index contributed by atoms with van der Waals surface area (Å²) < 4.78 is 0. The van der Waals surface area contributed by atoms with Crippen molar-refractivity contribution in [1.29, 1.82) is 0 Å². The van der Waals surface area contributed by atoms with E-state index in [1.54, 1.807) is 0 Å². The molecule has 0 spiro atoms. The van der Waals surface area contributed by atoms with Gasteiger partial charge in [0, 0.05) is 17.4 Å². The second-order valence-electron chi connectivity index (χ2n) is 9.19. The Kier molecular flexibility index (Phi) is 4.80. The van der Waals surface area contributed by atoms with Gasteiger partial charge < -0.3 is 0 Å². The van der Waals surface area contributed by atoms with Crippen LogP contribution in [0.2, 0.25) is 0 Å². The van der Waals surface area contributed by atoms with Crippen LogP contribution in [0.3, 0.4) is 0 Å². The lowest BCUT2D eigenvalue weighted by molar-refractivity contribution is -0.140. The first-order valence-corrected chi connectivity index (χ1v) is 8.74. The molecule has 3 nitrogen and oxygen atoms in total. The van der Waals surface area contributed by atoms with Gasteiger partial charge in [-0.1, -0.05) is 72.7 Å². The molecule has 3 heteroatoms. The maximum Gasteiger partial charge on any atom is 0.153 e. The quantitative estimate of drug-likeness (QED) is 0.823. The maximum absolute atomic E-state index is 12.7. The van der Waals surface area contributed by atoms with E-state index in [2.05, 4.69) is 45.0 Å². The van der Waals surface area contributed by atoms with Gasteiger partial charge in [0.05, 0.1) is 13.1 Å². The van der Waals surface area contributed by atoms with E-state index < -0.39 is 10.8 Å². The van der Waals surface area contributed by atoms with Crippen LogP contribution in [0.15, 0.2) is 24.3 Å². The molecule has 2 rings (SSSR count). The largest absolute Gasteiger partial charge is 0.298 e. The molecule has 0 bridgehead atoms. The summed E-state index contributed by atoms with van der Waals surface area (Å²) in [4.78, 5) is 27.4. The smallest absolute Gasteiger partial charge is 0.153 e. The molecule has 1 aromatic rings. The van der Waals surface area contributed by atoms with Crippen LogP contribution >= 0.6 is 0 Å². The first-order valence-electron chi connectivity index (χ1n) is 8.74. The van der Waals surface area contributed by atoms with Crippen molar-refractivity contribution >= 4 is 11.6 Å². The number of benzene rings is 1. The molecule has 0 aliphatic carbocycles. The molecule has 1 fully saturated rings. The third kappa shape index (κ3) is 3.46. The molecule has 1 saturated heterocycles. The minimum Gasteiger partial charge on any atom is -0.298 e. The highest BCUT2D eigenvalue weighted by atomic mass is 16.1. The average Bonchev–Trinajstić information content (AvgIpc) is 2.50. The average molecular weight is 329 g/mol. The van der Waals surface area contributed by atoms with E-state index in [0.29, 0.717) is 19.6 Å². The molecule has 1 aromatic carbocycles. The van der Waals surface area contributed by atoms with Crippen LogP contribution in [0.4, 0.5) is 0 Å². The zero-order chi connectivity index (χ0) is 18.3. The molecule has 0 saturated carbocycles. The van der Waals surface area contributed by atoms with Gasteiger partial charge in [0.2, 0.25) is 0 Å². The molecule has 0 amide bonds. The number of likely N-dealkylation sites (tertiary alicyclic amines) is 1. The van der Waals surface area contributed by atoms with Crippen molar-refractivity contribution in [1.82, 2.24) is 4.90 Å². The Balaban J connectivity index is 2.19. The number of hydrogen-bond donors (Lipinski definition) is 0. The topological polar surface area (TPSA) is 37.4 Å². The first kappa shape index (κ1) is 18.9. The summed E-state index contributed by atoms with van der Waals surface area (Å²) in [6, 6.07) is 8.50. The molecule has 0 N–H and O–H groups in total. The Morgan fingerprint density at radius 1 is 0.875 bits per heavy atom. The van der Waals surface area contributed by atoms with E-state index in [9.17, 15) is 9.59 Å². The van der Waals surface area contributed by atoms with Crippen molar-refractivity contribution in [3.63, 3.8) is 0 Å². The molecule has 24 heavy (non-hydrogen) atoms. The second-order valence-corrected chi connectivity index (χ2v) is 9.19. The minimum absolute atomic E-state index is 0.126. The third-order valence-corrected chi connectivity index (χ3v) is 5.92. The van der Waals surface area contributed by atoms with Gasteiger partial charge in [-0.05, 0) is 16.5 Å². The number of carbonyl (C=O) groups excluding carboxylic acids is 2. The lowest BCUT2D eigenvalue weighted by Crippen LogP contribution is -2.44. The summed E-state index contributed by atoms with van der Waals surface area (Å²) in [5.74, 6) is 0.286. The van der Waals surface area contributed by atoms with Crippen LogP contribution in [-0.2, 0) is 21.5 Å². The summed E-state index contributed by atoms with van der Waals surface area (Å²) in [6.45, 7) is 15.5. The van der Waals surface area contributed by atoms with Crippen molar-refractivity contribution in [3.8, 4) is 0 Å². The highest BCUT2D eigenvalue weighted by Gasteiger charge is 2.50. The van der Waals surface area contributed by atoms with Gasteiger partial charge in [-0.15, -0.1) is 0 Å². The predicted molar refractivity (Wildman–Crippen MR) is 98.0 cm³/mol. The zero-order valence-corrected chi connectivity index (χ0v) is 16.2. The van der Waals surface area contributed by atoms with Crippen molar-refractivity contribution in [3.05, 3.63) is 35.4 Å². The Labute approximate surface area is 146 Å². The van der Waals surface area contributed by atoms with Gasteiger partial charge in [0.1, 0.15) is 0 Å². The summed E-state index contributed by atoms with van der Waals surface area (Å²) in [5.41, 5.74) is 1.29. The van der Waals surface area contributed by atoms with Crippen molar-refractivity contribution < 1.29 is 9.59 Å². The monoisotopic (exact) mass is 329 g/mol. The number of nitrogens with zero attached hydrogens (tertiary/aromatic N) is 1. The van der Waals surface area contributed by atoms with Crippen LogP contribution in [-0.4, -0.2) is 29.6 Å². The van der Waals surface area contributed by atoms with Crippen LogP contribution < -0.4 is 0 Å². The van der Waals surface area contributed by atoms with Gasteiger partial charge in [0.15, 0.2) is 11.6 Å². The molecular formula is C21H31NO2. The molecule has 0 atom stereocenters. The fraction of sp³-hybridized carbons (Fsp3) is 0.619. The van der Waals surface area contributed by atoms with Crippen LogP contribution in [0.1, 0.15) is 59.6 Å². The van der Waals surface area contributed by atoms with Gasteiger partial charge in [-0.2, -0.15) is 0 Å². The van der Waals surface area contributed by atoms with Crippen LogP contribution in [0.5, 0.6) is 0 Å². The molecule has 1 aliphatic heterocycles. The number of rotatable bonds is 2. The molecule has 1 heterocycles. The van der Waals surface area contributed by atoms with Crippen LogP contribution in [0.25, 0.3) is 0 Å². The van der Waals surface area contributed by atoms with E-state index >= 15 is 0 Å². The SMILES string of the molecule is CC(C)(C)c1ccc(CN2CC(=O)C(C)(C)C(C)(C)C(=O)C2)cc1. The van der Waals surface area contributed by atoms with Crippen molar-refractivity contribution in [2.24, 2.45) is 10.8 Å². The normalized spacial score (nSPS) is 21.6. The van der Waals surface area contributed by atoms with Gasteiger partial charge in [0.25, 0.3) is 0 Å². The summed E-state index contributed by atoms with van der Waals surface area (Å²) in [7, 11) is 0. The highest BCUT2D eigenvalue weighted by molar-refractivity contribution is 5.98. The Hall–Kier alpha value is -1.48. The Morgan fingerprint density at radius 3 is 1.67 bits per heavy atom.